The predicted molar refractivity (Wildman–Crippen MR) is 133 cm³/mol. The molecule has 8 nitrogen and oxygen atoms in total. The van der Waals surface area contributed by atoms with Crippen LogP contribution in [0, 0.1) is 23.7 Å². The summed E-state index contributed by atoms with van der Waals surface area (Å²) in [6.45, 7) is 0.698. The van der Waals surface area contributed by atoms with Crippen molar-refractivity contribution < 1.29 is 4.79 Å². The van der Waals surface area contributed by atoms with E-state index in [9.17, 15) is 4.79 Å². The summed E-state index contributed by atoms with van der Waals surface area (Å²) >= 11 is 0. The van der Waals surface area contributed by atoms with E-state index in [0.717, 1.165) is 24.2 Å². The number of nitrogens with two attached hydrogens (primary N) is 1. The van der Waals surface area contributed by atoms with E-state index in [0.29, 0.717) is 29.4 Å². The Kier molecular flexibility index (Phi) is 5.60. The summed E-state index contributed by atoms with van der Waals surface area (Å²) in [5, 5.41) is 15.6. The van der Waals surface area contributed by atoms with Crippen LogP contribution in [-0.2, 0) is 4.79 Å². The number of terminal acetylenes is 1. The lowest BCUT2D eigenvalue weighted by Gasteiger charge is -2.33. The van der Waals surface area contributed by atoms with Gasteiger partial charge in [-0.2, -0.15) is 0 Å². The van der Waals surface area contributed by atoms with E-state index < -0.39 is 0 Å². The molecule has 2 bridgehead atoms. The van der Waals surface area contributed by atoms with Crippen LogP contribution in [0.4, 0.5) is 23.0 Å². The number of nitrogens with zero attached hydrogens (tertiary/aromatic N) is 3. The topological polar surface area (TPSA) is 120 Å². The molecule has 2 aliphatic rings. The van der Waals surface area contributed by atoms with Gasteiger partial charge in [0.05, 0.1) is 17.3 Å². The molecule has 1 saturated heterocycles. The maximum atomic E-state index is 12.1. The molecule has 3 aromatic rings. The summed E-state index contributed by atoms with van der Waals surface area (Å²) in [6.07, 6.45) is 8.56. The minimum atomic E-state index is -0.279. The Labute approximate surface area is 198 Å². The van der Waals surface area contributed by atoms with E-state index in [-0.39, 0.29) is 29.5 Å². The Morgan fingerprint density at radius 3 is 2.53 bits per heavy atom. The molecule has 0 radical (unpaired) electrons. The fraction of sp³-hybridized carbons (Fsp3) is 0.231. The number of nitrogens with one attached hydrogen (secondary N) is 3. The fourth-order valence-electron chi connectivity index (χ4n) is 4.98. The lowest BCUT2D eigenvalue weighted by Crippen LogP contribution is -2.47. The van der Waals surface area contributed by atoms with Crippen molar-refractivity contribution in [2.45, 2.75) is 24.9 Å². The molecule has 5 N–H and O–H groups in total. The fourth-order valence-corrected chi connectivity index (χ4v) is 4.98. The summed E-state index contributed by atoms with van der Waals surface area (Å²) in [6, 6.07) is 17.5. The molecule has 2 heterocycles. The van der Waals surface area contributed by atoms with Crippen LogP contribution in [-0.4, -0.2) is 45.1 Å². The van der Waals surface area contributed by atoms with Crippen molar-refractivity contribution in [1.29, 1.82) is 5.41 Å². The van der Waals surface area contributed by atoms with Crippen LogP contribution >= 0.6 is 0 Å². The maximum absolute atomic E-state index is 12.1. The Morgan fingerprint density at radius 2 is 1.82 bits per heavy atom. The summed E-state index contributed by atoms with van der Waals surface area (Å²) in [4.78, 5) is 22.4. The van der Waals surface area contributed by atoms with E-state index in [1.54, 1.807) is 4.90 Å². The molecule has 170 valence electrons. The molecule has 8 heteroatoms. The molecule has 2 aromatic carbocycles. The number of piperidine rings is 1. The van der Waals surface area contributed by atoms with Gasteiger partial charge < -0.3 is 21.3 Å². The Bertz CT molecular complexity index is 1270. The summed E-state index contributed by atoms with van der Waals surface area (Å²) in [5.74, 6) is 3.09. The van der Waals surface area contributed by atoms with Gasteiger partial charge in [0, 0.05) is 29.5 Å². The Hall–Kier alpha value is -4.38. The predicted octanol–water partition coefficient (Wildman–Crippen LogP) is 3.25. The van der Waals surface area contributed by atoms with Gasteiger partial charge >= 0.3 is 0 Å². The number of anilines is 4. The smallest absolute Gasteiger partial charge is 0.298 e. The van der Waals surface area contributed by atoms with Gasteiger partial charge in [-0.25, -0.2) is 9.97 Å². The molecule has 1 amide bonds. The van der Waals surface area contributed by atoms with E-state index in [1.165, 1.54) is 6.33 Å². The van der Waals surface area contributed by atoms with Gasteiger partial charge in [0.1, 0.15) is 18.0 Å². The van der Waals surface area contributed by atoms with Crippen LogP contribution in [0.15, 0.2) is 60.9 Å². The van der Waals surface area contributed by atoms with Gasteiger partial charge in [0.25, 0.3) is 5.91 Å². The number of nitrogen functional groups attached to an aromatic ring is 1. The number of amides is 1. The minimum Gasteiger partial charge on any atom is -0.383 e. The number of hydrogen-bond donors (Lipinski definition) is 4. The zero-order valence-electron chi connectivity index (χ0n) is 18.5. The highest BCUT2D eigenvalue weighted by molar-refractivity contribution is 6.16. The number of carbonyl (C=O) groups excluding carboxylic acids is 1. The van der Waals surface area contributed by atoms with Crippen LogP contribution in [0.2, 0.25) is 0 Å². The Morgan fingerprint density at radius 1 is 1.09 bits per heavy atom. The largest absolute Gasteiger partial charge is 0.383 e. The average molecular weight is 452 g/mol. The first-order valence-electron chi connectivity index (χ1n) is 11.2. The van der Waals surface area contributed by atoms with Gasteiger partial charge in [0.2, 0.25) is 0 Å². The zero-order chi connectivity index (χ0) is 23.7. The molecule has 1 saturated carbocycles. The summed E-state index contributed by atoms with van der Waals surface area (Å²) in [5.41, 5.74) is 9.48. The quantitative estimate of drug-likeness (QED) is 0.337. The van der Waals surface area contributed by atoms with E-state index in [4.69, 9.17) is 17.6 Å². The van der Waals surface area contributed by atoms with Gasteiger partial charge in [-0.15, -0.1) is 6.42 Å². The monoisotopic (exact) mass is 451 g/mol. The van der Waals surface area contributed by atoms with Gasteiger partial charge in [0.15, 0.2) is 0 Å². The molecule has 3 atom stereocenters. The van der Waals surface area contributed by atoms with Gasteiger partial charge in [-0.05, 0) is 48.9 Å². The Balaban J connectivity index is 1.36. The van der Waals surface area contributed by atoms with E-state index in [1.807, 2.05) is 54.6 Å². The molecule has 5 rings (SSSR count). The van der Waals surface area contributed by atoms with Gasteiger partial charge in [-0.1, -0.05) is 30.3 Å². The number of likely N-dealkylation sites (tertiary alicyclic amines) is 1. The molecular weight excluding hydrogens is 426 g/mol. The normalized spacial score (nSPS) is 20.6. The van der Waals surface area contributed by atoms with Crippen molar-refractivity contribution in [1.82, 2.24) is 14.9 Å². The van der Waals surface area contributed by atoms with E-state index >= 15 is 0 Å². The first-order valence-corrected chi connectivity index (χ1v) is 11.2. The molecule has 0 spiro atoms. The molecule has 3 unspecified atom stereocenters. The molecular formula is C26H25N7O. The standard InChI is InChI=1S/C26H25N7O/c1-2-22(34)33-14-16-12-20(21(33)13-16)32-26-23(25(28)29-15-30-26)24(27)17-8-10-19(11-9-17)31-18-6-4-3-5-7-18/h1,3-11,15-16,20-21,27,31H,12-14H2,(H3,28,29,30,32). The van der Waals surface area contributed by atoms with Crippen LogP contribution in [0.5, 0.6) is 0 Å². The zero-order valence-corrected chi connectivity index (χ0v) is 18.5. The lowest BCUT2D eigenvalue weighted by atomic mass is 10.0. The number of hydrogen-bond acceptors (Lipinski definition) is 7. The maximum Gasteiger partial charge on any atom is 0.298 e. The van der Waals surface area contributed by atoms with Crippen molar-refractivity contribution in [3.8, 4) is 12.3 Å². The second-order valence-corrected chi connectivity index (χ2v) is 8.68. The van der Waals surface area contributed by atoms with Crippen molar-refractivity contribution in [2.75, 3.05) is 22.9 Å². The molecule has 1 aromatic heterocycles. The first kappa shape index (κ1) is 21.5. The average Bonchev–Trinajstić information content (AvgIpc) is 3.45. The van der Waals surface area contributed by atoms with Gasteiger partial charge in [-0.3, -0.25) is 10.2 Å². The van der Waals surface area contributed by atoms with Crippen LogP contribution < -0.4 is 16.4 Å². The van der Waals surface area contributed by atoms with E-state index in [2.05, 4.69) is 26.5 Å². The first-order chi connectivity index (χ1) is 16.5. The third kappa shape index (κ3) is 4.04. The number of aromatic nitrogens is 2. The van der Waals surface area contributed by atoms with Crippen molar-refractivity contribution in [2.24, 2.45) is 5.92 Å². The number of fused-ring (bicyclic) bond motifs is 2. The highest BCUT2D eigenvalue weighted by atomic mass is 16.2. The highest BCUT2D eigenvalue weighted by Crippen LogP contribution is 2.39. The van der Waals surface area contributed by atoms with Crippen molar-refractivity contribution >= 4 is 34.6 Å². The third-order valence-electron chi connectivity index (χ3n) is 6.55. The van der Waals surface area contributed by atoms with Crippen LogP contribution in [0.3, 0.4) is 0 Å². The number of carbonyl (C=O) groups is 1. The summed E-state index contributed by atoms with van der Waals surface area (Å²) in [7, 11) is 0. The van der Waals surface area contributed by atoms with Crippen molar-refractivity contribution in [3.05, 3.63) is 72.1 Å². The number of benzene rings is 2. The second kappa shape index (κ2) is 8.87. The molecule has 1 aliphatic heterocycles. The second-order valence-electron chi connectivity index (χ2n) is 8.68. The molecule has 1 aliphatic carbocycles. The third-order valence-corrected chi connectivity index (χ3v) is 6.55. The lowest BCUT2D eigenvalue weighted by molar-refractivity contribution is -0.126. The van der Waals surface area contributed by atoms with Crippen LogP contribution in [0.1, 0.15) is 24.0 Å². The number of para-hydroxylation sites is 1. The minimum absolute atomic E-state index is 0.00523. The highest BCUT2D eigenvalue weighted by Gasteiger charge is 2.47. The molecule has 2 fully saturated rings. The SMILES string of the molecule is C#CC(=O)N1CC2CC(Nc3ncnc(N)c3C(=N)c3ccc(Nc4ccccc4)cc3)C1C2. The number of rotatable bonds is 6. The summed E-state index contributed by atoms with van der Waals surface area (Å²) < 4.78 is 0. The van der Waals surface area contributed by atoms with Crippen molar-refractivity contribution in [3.63, 3.8) is 0 Å². The van der Waals surface area contributed by atoms with Crippen LogP contribution in [0.25, 0.3) is 0 Å². The molecule has 34 heavy (non-hydrogen) atoms.